The molecule has 0 saturated heterocycles. The van der Waals surface area contributed by atoms with Crippen LogP contribution in [0.3, 0.4) is 0 Å². The number of unbranched alkanes of at least 4 members (excludes halogenated alkanes) is 13. The largest absolute Gasteiger partial charge is 0.469 e. The lowest BCUT2D eigenvalue weighted by molar-refractivity contribution is -0.161. The van der Waals surface area contributed by atoms with E-state index in [2.05, 4.69) is 11.4 Å². The highest BCUT2D eigenvalue weighted by atomic mass is 31.2. The first-order valence-corrected chi connectivity index (χ1v) is 14.5. The molecule has 0 bridgehead atoms. The normalized spacial score (nSPS) is 12.5. The van der Waals surface area contributed by atoms with Gasteiger partial charge >= 0.3 is 19.8 Å². The zero-order valence-corrected chi connectivity index (χ0v) is 21.9. The van der Waals surface area contributed by atoms with E-state index in [1.54, 1.807) is 0 Å². The average Bonchev–Trinajstić information content (AvgIpc) is 2.78. The number of aliphatic hydroxyl groups excluding tert-OH is 1. The van der Waals surface area contributed by atoms with Gasteiger partial charge in [-0.05, 0) is 19.3 Å². The van der Waals surface area contributed by atoms with Gasteiger partial charge in [-0.3, -0.25) is 14.1 Å². The second-order valence-corrected chi connectivity index (χ2v) is 9.99. The number of aliphatic hydroxyl groups is 1. The molecule has 9 nitrogen and oxygen atoms in total. The molecule has 0 amide bonds. The number of hydrogen-bond donors (Lipinski definition) is 3. The van der Waals surface area contributed by atoms with Crippen molar-refractivity contribution >= 4 is 19.8 Å². The fourth-order valence-electron chi connectivity index (χ4n) is 3.47. The maximum Gasteiger partial charge on any atom is 0.469 e. The van der Waals surface area contributed by atoms with E-state index >= 15 is 0 Å². The summed E-state index contributed by atoms with van der Waals surface area (Å²) < 4.78 is 25.5. The van der Waals surface area contributed by atoms with Gasteiger partial charge in [-0.2, -0.15) is 0 Å². The fraction of sp³-hybridized carbons (Fsp3) is 0.917. The van der Waals surface area contributed by atoms with Crippen molar-refractivity contribution in [3.63, 3.8) is 0 Å². The highest BCUT2D eigenvalue weighted by Gasteiger charge is 2.22. The zero-order chi connectivity index (χ0) is 25.5. The molecule has 34 heavy (non-hydrogen) atoms. The third-order valence-electron chi connectivity index (χ3n) is 5.43. The van der Waals surface area contributed by atoms with Crippen molar-refractivity contribution < 1.29 is 43.0 Å². The number of phosphoric acid groups is 1. The first-order valence-electron chi connectivity index (χ1n) is 12.9. The minimum Gasteiger partial charge on any atom is -0.462 e. The molecule has 0 aromatic heterocycles. The summed E-state index contributed by atoms with van der Waals surface area (Å²) in [4.78, 5) is 41.5. The smallest absolute Gasteiger partial charge is 0.462 e. The molecule has 0 saturated carbocycles. The molecule has 0 fully saturated rings. The fourth-order valence-corrected chi connectivity index (χ4v) is 3.83. The number of phosphoric ester groups is 1. The van der Waals surface area contributed by atoms with E-state index < -0.39 is 32.5 Å². The second-order valence-electron chi connectivity index (χ2n) is 8.75. The van der Waals surface area contributed by atoms with Gasteiger partial charge in [-0.1, -0.05) is 84.0 Å². The lowest BCUT2D eigenvalue weighted by Gasteiger charge is -2.18. The van der Waals surface area contributed by atoms with Crippen molar-refractivity contribution in [2.45, 2.75) is 122 Å². The molecule has 10 heteroatoms. The highest BCUT2D eigenvalue weighted by Crippen LogP contribution is 2.35. The molecule has 0 aromatic rings. The lowest BCUT2D eigenvalue weighted by atomic mass is 10.0. The number of rotatable bonds is 24. The number of esters is 2. The summed E-state index contributed by atoms with van der Waals surface area (Å²) in [5.74, 6) is -1.05. The van der Waals surface area contributed by atoms with Crippen molar-refractivity contribution in [2.75, 3.05) is 19.8 Å². The van der Waals surface area contributed by atoms with Gasteiger partial charge in [-0.25, -0.2) is 4.57 Å². The summed E-state index contributed by atoms with van der Waals surface area (Å²) in [5.41, 5.74) is 0. The van der Waals surface area contributed by atoms with Crippen LogP contribution in [0, 0.1) is 0 Å². The Labute approximate surface area is 205 Å². The minimum absolute atomic E-state index is 0.0415. The van der Waals surface area contributed by atoms with Crippen LogP contribution in [0.4, 0.5) is 0 Å². The van der Waals surface area contributed by atoms with Crippen LogP contribution in [0.2, 0.25) is 0 Å². The van der Waals surface area contributed by atoms with Gasteiger partial charge in [0.25, 0.3) is 0 Å². The predicted octanol–water partition coefficient (Wildman–Crippen LogP) is 5.19. The average molecular weight is 511 g/mol. The van der Waals surface area contributed by atoms with Crippen LogP contribution in [0.25, 0.3) is 0 Å². The third-order valence-corrected chi connectivity index (χ3v) is 5.92. The van der Waals surface area contributed by atoms with Crippen molar-refractivity contribution in [3.05, 3.63) is 0 Å². The van der Waals surface area contributed by atoms with Crippen molar-refractivity contribution in [1.29, 1.82) is 0 Å². The van der Waals surface area contributed by atoms with Crippen LogP contribution in [0.1, 0.15) is 116 Å². The Morgan fingerprint density at radius 1 is 0.706 bits per heavy atom. The molecule has 0 rings (SSSR count). The first-order chi connectivity index (χ1) is 16.3. The number of hydrogen-bond acceptors (Lipinski definition) is 7. The van der Waals surface area contributed by atoms with Gasteiger partial charge in [0.2, 0.25) is 0 Å². The first kappa shape index (κ1) is 33.0. The standard InChI is InChI=1S/C24H47O9P/c1-2-3-4-5-6-7-8-9-10-11-12-13-14-17-23(26)31-20-22(21-32-34(28,29)30)33-24(27)18-15-16-19-25/h22,25H,2-21H2,1H3,(H2,28,29,30)/t22-/m1/s1. The van der Waals surface area contributed by atoms with Crippen molar-refractivity contribution in [2.24, 2.45) is 0 Å². The Kier molecular flexibility index (Phi) is 21.8. The van der Waals surface area contributed by atoms with Crippen LogP contribution >= 0.6 is 7.82 Å². The maximum atomic E-state index is 12.0. The number of ether oxygens (including phenoxy) is 2. The van der Waals surface area contributed by atoms with E-state index in [-0.39, 0.29) is 26.1 Å². The topological polar surface area (TPSA) is 140 Å². The quantitative estimate of drug-likeness (QED) is 0.0908. The van der Waals surface area contributed by atoms with Crippen molar-refractivity contribution in [1.82, 2.24) is 0 Å². The van der Waals surface area contributed by atoms with E-state index in [9.17, 15) is 14.2 Å². The van der Waals surface area contributed by atoms with Gasteiger partial charge in [0.05, 0.1) is 6.61 Å². The van der Waals surface area contributed by atoms with Gasteiger partial charge in [0, 0.05) is 19.4 Å². The van der Waals surface area contributed by atoms with E-state index in [0.29, 0.717) is 19.3 Å². The summed E-state index contributed by atoms with van der Waals surface area (Å²) in [6.45, 7) is 1.27. The van der Waals surface area contributed by atoms with E-state index in [0.717, 1.165) is 12.8 Å². The molecule has 0 spiro atoms. The Morgan fingerprint density at radius 2 is 1.18 bits per heavy atom. The van der Waals surface area contributed by atoms with E-state index in [1.807, 2.05) is 0 Å². The zero-order valence-electron chi connectivity index (χ0n) is 21.0. The second kappa shape index (κ2) is 22.5. The molecular formula is C24H47O9P. The van der Waals surface area contributed by atoms with Crippen LogP contribution in [-0.4, -0.2) is 52.8 Å². The molecule has 3 N–H and O–H groups in total. The molecule has 1 atom stereocenters. The SMILES string of the molecule is CCCCCCCCCCCCCCCC(=O)OC[C@H](COP(=O)(O)O)OC(=O)CCCCO. The van der Waals surface area contributed by atoms with Gasteiger partial charge in [0.15, 0.2) is 6.10 Å². The predicted molar refractivity (Wildman–Crippen MR) is 130 cm³/mol. The monoisotopic (exact) mass is 510 g/mol. The molecule has 0 heterocycles. The molecule has 0 aliphatic heterocycles. The summed E-state index contributed by atoms with van der Waals surface area (Å²) >= 11 is 0. The number of carbonyl (C=O) groups excluding carboxylic acids is 2. The summed E-state index contributed by atoms with van der Waals surface area (Å²) in [7, 11) is -4.75. The van der Waals surface area contributed by atoms with Gasteiger partial charge in [0.1, 0.15) is 6.61 Å². The van der Waals surface area contributed by atoms with E-state index in [4.69, 9.17) is 24.4 Å². The molecule has 0 unspecified atom stereocenters. The van der Waals surface area contributed by atoms with E-state index in [1.165, 1.54) is 64.2 Å². The van der Waals surface area contributed by atoms with Gasteiger partial charge < -0.3 is 24.4 Å². The maximum absolute atomic E-state index is 12.0. The highest BCUT2D eigenvalue weighted by molar-refractivity contribution is 7.46. The summed E-state index contributed by atoms with van der Waals surface area (Å²) in [6.07, 6.45) is 15.7. The molecule has 0 aliphatic carbocycles. The molecule has 0 aromatic carbocycles. The third kappa shape index (κ3) is 24.1. The van der Waals surface area contributed by atoms with Crippen LogP contribution in [0.15, 0.2) is 0 Å². The molecule has 0 aliphatic rings. The minimum atomic E-state index is -4.75. The van der Waals surface area contributed by atoms with Crippen molar-refractivity contribution in [3.8, 4) is 0 Å². The van der Waals surface area contributed by atoms with Crippen LogP contribution in [-0.2, 0) is 28.2 Å². The molecular weight excluding hydrogens is 463 g/mol. The summed E-state index contributed by atoms with van der Waals surface area (Å²) in [5, 5.41) is 8.76. The Balaban J connectivity index is 3.90. The summed E-state index contributed by atoms with van der Waals surface area (Å²) in [6, 6.07) is 0. The molecule has 0 radical (unpaired) electrons. The Bertz CT molecular complexity index is 551. The molecule has 202 valence electrons. The van der Waals surface area contributed by atoms with Crippen LogP contribution in [0.5, 0.6) is 0 Å². The van der Waals surface area contributed by atoms with Gasteiger partial charge in [-0.15, -0.1) is 0 Å². The lowest BCUT2D eigenvalue weighted by Crippen LogP contribution is -2.29. The Hall–Kier alpha value is -0.990. The number of carbonyl (C=O) groups is 2. The Morgan fingerprint density at radius 3 is 1.68 bits per heavy atom. The van der Waals surface area contributed by atoms with Crippen LogP contribution < -0.4 is 0 Å².